The lowest BCUT2D eigenvalue weighted by Crippen LogP contribution is -2.45. The van der Waals surface area contributed by atoms with E-state index >= 15 is 0 Å². The first kappa shape index (κ1) is 15.9. The van der Waals surface area contributed by atoms with Crippen LogP contribution in [0.2, 0.25) is 0 Å². The van der Waals surface area contributed by atoms with Crippen LogP contribution in [-0.4, -0.2) is 39.6 Å². The number of carbonyl (C=O) groups excluding carboxylic acids is 1. The second-order valence-electron chi connectivity index (χ2n) is 4.66. The van der Waals surface area contributed by atoms with Gasteiger partial charge in [0.05, 0.1) is 18.7 Å². The molecule has 110 valence electrons. The predicted molar refractivity (Wildman–Crippen MR) is 75.3 cm³/mol. The van der Waals surface area contributed by atoms with Gasteiger partial charge in [0.25, 0.3) is 0 Å². The summed E-state index contributed by atoms with van der Waals surface area (Å²) in [5.74, 6) is -0.913. The van der Waals surface area contributed by atoms with Crippen LogP contribution in [0.5, 0.6) is 0 Å². The van der Waals surface area contributed by atoms with Gasteiger partial charge in [-0.3, -0.25) is 9.78 Å². The van der Waals surface area contributed by atoms with E-state index in [0.717, 1.165) is 11.4 Å². The predicted octanol–water partition coefficient (Wildman–Crippen LogP) is 1.78. The van der Waals surface area contributed by atoms with Crippen LogP contribution < -0.4 is 5.32 Å². The van der Waals surface area contributed by atoms with Gasteiger partial charge in [-0.1, -0.05) is 6.07 Å². The van der Waals surface area contributed by atoms with E-state index in [2.05, 4.69) is 10.3 Å². The van der Waals surface area contributed by atoms with Crippen LogP contribution in [-0.2, 0) is 11.3 Å². The molecule has 0 fully saturated rings. The van der Waals surface area contributed by atoms with Crippen molar-refractivity contribution in [3.05, 3.63) is 29.6 Å². The minimum absolute atomic E-state index is 0.0655. The van der Waals surface area contributed by atoms with Crippen LogP contribution in [0, 0.1) is 6.92 Å². The van der Waals surface area contributed by atoms with Crippen LogP contribution in [0.1, 0.15) is 31.7 Å². The first-order valence-electron chi connectivity index (χ1n) is 6.62. The van der Waals surface area contributed by atoms with E-state index in [0.29, 0.717) is 13.1 Å². The molecule has 0 bridgehead atoms. The largest absolute Gasteiger partial charge is 0.481 e. The number of pyridine rings is 1. The van der Waals surface area contributed by atoms with Gasteiger partial charge in [0.1, 0.15) is 0 Å². The highest BCUT2D eigenvalue weighted by molar-refractivity contribution is 5.75. The second kappa shape index (κ2) is 7.47. The number of aromatic nitrogens is 1. The van der Waals surface area contributed by atoms with Crippen molar-refractivity contribution in [1.82, 2.24) is 15.2 Å². The molecule has 1 aromatic heterocycles. The van der Waals surface area contributed by atoms with E-state index in [1.165, 1.54) is 4.90 Å². The summed E-state index contributed by atoms with van der Waals surface area (Å²) in [6, 6.07) is 4.99. The highest BCUT2D eigenvalue weighted by Gasteiger charge is 2.20. The fourth-order valence-electron chi connectivity index (χ4n) is 1.98. The lowest BCUT2D eigenvalue weighted by Gasteiger charge is -2.27. The molecule has 2 N–H and O–H groups in total. The summed E-state index contributed by atoms with van der Waals surface area (Å²) < 4.78 is 0. The van der Waals surface area contributed by atoms with Crippen molar-refractivity contribution in [2.24, 2.45) is 0 Å². The third-order valence-corrected chi connectivity index (χ3v) is 2.97. The van der Waals surface area contributed by atoms with Crippen molar-refractivity contribution in [3.63, 3.8) is 0 Å². The van der Waals surface area contributed by atoms with E-state index in [-0.39, 0.29) is 18.5 Å². The normalized spacial score (nSPS) is 11.8. The van der Waals surface area contributed by atoms with Crippen molar-refractivity contribution in [3.8, 4) is 0 Å². The Morgan fingerprint density at radius 3 is 2.70 bits per heavy atom. The monoisotopic (exact) mass is 279 g/mol. The number of urea groups is 1. The Hall–Kier alpha value is -2.11. The van der Waals surface area contributed by atoms with Crippen molar-refractivity contribution in [2.45, 2.75) is 39.8 Å². The maximum atomic E-state index is 12.0. The lowest BCUT2D eigenvalue weighted by molar-refractivity contribution is -0.138. The van der Waals surface area contributed by atoms with Gasteiger partial charge in [0.15, 0.2) is 0 Å². The number of carbonyl (C=O) groups is 2. The van der Waals surface area contributed by atoms with Crippen molar-refractivity contribution in [1.29, 1.82) is 0 Å². The summed E-state index contributed by atoms with van der Waals surface area (Å²) in [7, 11) is 0. The molecule has 0 aliphatic rings. The molecule has 1 atom stereocenters. The minimum Gasteiger partial charge on any atom is -0.481 e. The number of nitrogens with zero attached hydrogens (tertiary/aromatic N) is 2. The third kappa shape index (κ3) is 4.87. The zero-order chi connectivity index (χ0) is 15.1. The molecule has 6 heteroatoms. The van der Waals surface area contributed by atoms with Gasteiger partial charge in [0.2, 0.25) is 0 Å². The van der Waals surface area contributed by atoms with E-state index in [1.807, 2.05) is 32.0 Å². The fourth-order valence-corrected chi connectivity index (χ4v) is 1.98. The average molecular weight is 279 g/mol. The minimum atomic E-state index is -0.913. The molecule has 0 aromatic carbocycles. The molecule has 1 heterocycles. The van der Waals surface area contributed by atoms with Crippen LogP contribution >= 0.6 is 0 Å². The van der Waals surface area contributed by atoms with Gasteiger partial charge >= 0.3 is 12.0 Å². The maximum Gasteiger partial charge on any atom is 0.317 e. The van der Waals surface area contributed by atoms with Crippen molar-refractivity contribution >= 4 is 12.0 Å². The number of amides is 2. The summed E-state index contributed by atoms with van der Waals surface area (Å²) in [6.45, 7) is 6.22. The molecule has 0 aliphatic heterocycles. The van der Waals surface area contributed by atoms with Crippen LogP contribution in [0.25, 0.3) is 0 Å². The number of hydrogen-bond acceptors (Lipinski definition) is 3. The fraction of sp³-hybridized carbons (Fsp3) is 0.500. The van der Waals surface area contributed by atoms with Gasteiger partial charge in [-0.05, 0) is 32.9 Å². The topological polar surface area (TPSA) is 82.5 Å². The summed E-state index contributed by atoms with van der Waals surface area (Å²) in [5, 5.41) is 11.5. The Kier molecular flexibility index (Phi) is 5.96. The number of carboxylic acid groups (broad SMARTS) is 1. The third-order valence-electron chi connectivity index (χ3n) is 2.97. The molecule has 20 heavy (non-hydrogen) atoms. The summed E-state index contributed by atoms with van der Waals surface area (Å²) >= 11 is 0. The summed E-state index contributed by atoms with van der Waals surface area (Å²) in [6.07, 6.45) is -0.0655. The molecular formula is C14H21N3O3. The quantitative estimate of drug-likeness (QED) is 0.831. The van der Waals surface area contributed by atoms with E-state index in [9.17, 15) is 9.59 Å². The highest BCUT2D eigenvalue weighted by Crippen LogP contribution is 2.05. The molecule has 0 radical (unpaired) electrons. The second-order valence-corrected chi connectivity index (χ2v) is 4.66. The molecule has 0 aliphatic carbocycles. The Morgan fingerprint density at radius 2 is 2.15 bits per heavy atom. The van der Waals surface area contributed by atoms with Gasteiger partial charge in [-0.15, -0.1) is 0 Å². The Labute approximate surface area is 118 Å². The number of aryl methyl sites for hydroxylation is 1. The summed E-state index contributed by atoms with van der Waals surface area (Å²) in [4.78, 5) is 28.6. The number of carboxylic acids is 1. The zero-order valence-electron chi connectivity index (χ0n) is 12.1. The van der Waals surface area contributed by atoms with E-state index in [1.54, 1.807) is 6.92 Å². The van der Waals surface area contributed by atoms with Gasteiger partial charge in [-0.2, -0.15) is 0 Å². The Bertz CT molecular complexity index is 476. The standard InChI is InChI=1S/C14H21N3O3/c1-4-17(11(3)8-13(18)19)14(20)15-9-12-7-5-6-10(2)16-12/h5-7,11H,4,8-9H2,1-3H3,(H,15,20)(H,18,19). The van der Waals surface area contributed by atoms with Crippen molar-refractivity contribution in [2.75, 3.05) is 6.54 Å². The molecule has 1 aromatic rings. The van der Waals surface area contributed by atoms with Gasteiger partial charge < -0.3 is 15.3 Å². The van der Waals surface area contributed by atoms with Crippen LogP contribution in [0.3, 0.4) is 0 Å². The number of aliphatic carboxylic acids is 1. The molecule has 6 nitrogen and oxygen atoms in total. The Balaban J connectivity index is 2.57. The molecule has 0 spiro atoms. The smallest absolute Gasteiger partial charge is 0.317 e. The molecule has 1 rings (SSSR count). The van der Waals surface area contributed by atoms with Crippen LogP contribution in [0.4, 0.5) is 4.79 Å². The average Bonchev–Trinajstić information content (AvgIpc) is 2.36. The van der Waals surface area contributed by atoms with Gasteiger partial charge in [-0.25, -0.2) is 4.79 Å². The maximum absolute atomic E-state index is 12.0. The molecule has 2 amide bonds. The first-order valence-corrected chi connectivity index (χ1v) is 6.62. The van der Waals surface area contributed by atoms with Crippen LogP contribution in [0.15, 0.2) is 18.2 Å². The number of hydrogen-bond donors (Lipinski definition) is 2. The number of rotatable bonds is 6. The molecule has 0 saturated heterocycles. The lowest BCUT2D eigenvalue weighted by atomic mass is 10.2. The molecule has 1 unspecified atom stereocenters. The SMILES string of the molecule is CCN(C(=O)NCc1cccc(C)n1)C(C)CC(=O)O. The zero-order valence-corrected chi connectivity index (χ0v) is 12.1. The Morgan fingerprint density at radius 1 is 1.45 bits per heavy atom. The highest BCUT2D eigenvalue weighted by atomic mass is 16.4. The molecular weight excluding hydrogens is 258 g/mol. The first-order chi connectivity index (χ1) is 9.43. The summed E-state index contributed by atoms with van der Waals surface area (Å²) in [5.41, 5.74) is 1.67. The van der Waals surface area contributed by atoms with E-state index < -0.39 is 5.97 Å². The molecule has 0 saturated carbocycles. The van der Waals surface area contributed by atoms with Gasteiger partial charge in [0, 0.05) is 18.3 Å². The van der Waals surface area contributed by atoms with Crippen molar-refractivity contribution < 1.29 is 14.7 Å². The van der Waals surface area contributed by atoms with E-state index in [4.69, 9.17) is 5.11 Å². The number of nitrogens with one attached hydrogen (secondary N) is 1.